The molecule has 0 saturated carbocycles. The van der Waals surface area contributed by atoms with Crippen LogP contribution < -0.4 is 4.74 Å². The summed E-state index contributed by atoms with van der Waals surface area (Å²) >= 11 is 0. The number of benzene rings is 3. The zero-order valence-corrected chi connectivity index (χ0v) is 25.8. The molecular weight excluding hydrogens is 607 g/mol. The van der Waals surface area contributed by atoms with Crippen molar-refractivity contribution >= 4 is 32.4 Å². The highest BCUT2D eigenvalue weighted by Crippen LogP contribution is 2.32. The summed E-state index contributed by atoms with van der Waals surface area (Å²) in [5.41, 5.74) is 1.96. The highest BCUT2D eigenvalue weighted by atomic mass is 32.2. The second kappa shape index (κ2) is 13.0. The van der Waals surface area contributed by atoms with Gasteiger partial charge in [0.15, 0.2) is 5.78 Å². The maximum Gasteiger partial charge on any atom is 0.416 e. The van der Waals surface area contributed by atoms with E-state index in [1.54, 1.807) is 30.3 Å². The maximum absolute atomic E-state index is 13.1. The predicted octanol–water partition coefficient (Wildman–Crippen LogP) is 6.72. The van der Waals surface area contributed by atoms with Crippen LogP contribution in [0.5, 0.6) is 11.5 Å². The first-order chi connectivity index (χ1) is 21.3. The number of amides is 1. The molecule has 8 nitrogen and oxygen atoms in total. The quantitative estimate of drug-likeness (QED) is 0.179. The number of aromatic nitrogens is 2. The average molecular weight is 642 g/mol. The lowest BCUT2D eigenvalue weighted by atomic mass is 9.96. The SMILES string of the molecule is Cc1c(C(=O)CCCS(C)(=O)=O)ccc2nn(CC3CCN(C(=O)c4ccc(Oc5ccc(C(F)(F)F)cc5)cc4)CC3)cc12. The second-order valence-corrected chi connectivity index (χ2v) is 13.8. The third-order valence-electron chi connectivity index (χ3n) is 8.09. The summed E-state index contributed by atoms with van der Waals surface area (Å²) in [4.78, 5) is 27.7. The van der Waals surface area contributed by atoms with E-state index in [-0.39, 0.29) is 29.6 Å². The molecule has 5 rings (SSSR count). The van der Waals surface area contributed by atoms with Crippen LogP contribution in [0.2, 0.25) is 0 Å². The standard InChI is InChI=1S/C33H34F3N3O5S/c1-22-28(31(40)4-3-19-45(2,42)43)13-14-30-29(22)21-39(37-30)20-23-15-17-38(18-16-23)32(41)24-5-9-26(10-6-24)44-27-11-7-25(8-12-27)33(34,35)36/h5-14,21,23H,3-4,15-20H2,1-2H3. The fraction of sp³-hybridized carbons (Fsp3) is 0.364. The van der Waals surface area contributed by atoms with Crippen molar-refractivity contribution in [1.82, 2.24) is 14.7 Å². The Morgan fingerprint density at radius 2 is 1.58 bits per heavy atom. The molecule has 1 amide bonds. The monoisotopic (exact) mass is 641 g/mol. The van der Waals surface area contributed by atoms with Crippen molar-refractivity contribution in [3.8, 4) is 11.5 Å². The number of Topliss-reactive ketones (excluding diaryl/α,β-unsaturated/α-hetero) is 1. The Labute approximate surface area is 259 Å². The lowest BCUT2D eigenvalue weighted by Crippen LogP contribution is -2.39. The summed E-state index contributed by atoms with van der Waals surface area (Å²) in [5.74, 6) is 0.807. The zero-order chi connectivity index (χ0) is 32.4. The average Bonchev–Trinajstić information content (AvgIpc) is 3.40. The number of nitrogens with zero attached hydrogens (tertiary/aromatic N) is 3. The van der Waals surface area contributed by atoms with Crippen molar-refractivity contribution in [3.05, 3.63) is 89.1 Å². The van der Waals surface area contributed by atoms with Crippen molar-refractivity contribution in [3.63, 3.8) is 0 Å². The van der Waals surface area contributed by atoms with Crippen LogP contribution >= 0.6 is 0 Å². The van der Waals surface area contributed by atoms with Crippen LogP contribution in [0.4, 0.5) is 13.2 Å². The molecule has 0 bridgehead atoms. The fourth-order valence-electron chi connectivity index (χ4n) is 5.59. The molecule has 0 spiro atoms. The van der Waals surface area contributed by atoms with Gasteiger partial charge in [-0.1, -0.05) is 0 Å². The van der Waals surface area contributed by atoms with Gasteiger partial charge in [-0.15, -0.1) is 0 Å². The number of carbonyl (C=O) groups excluding carboxylic acids is 2. The van der Waals surface area contributed by atoms with Crippen LogP contribution in [0, 0.1) is 12.8 Å². The summed E-state index contributed by atoms with van der Waals surface area (Å²) < 4.78 is 68.7. The Kier molecular flexibility index (Phi) is 9.33. The minimum absolute atomic E-state index is 0.0156. The Bertz CT molecular complexity index is 1790. The molecule has 0 aliphatic carbocycles. The molecule has 0 N–H and O–H groups in total. The van der Waals surface area contributed by atoms with Crippen molar-refractivity contribution in [2.24, 2.45) is 5.92 Å². The number of halogens is 3. The topological polar surface area (TPSA) is 98.6 Å². The minimum atomic E-state index is -4.42. The first-order valence-electron chi connectivity index (χ1n) is 14.7. The molecule has 238 valence electrons. The lowest BCUT2D eigenvalue weighted by molar-refractivity contribution is -0.137. The van der Waals surface area contributed by atoms with E-state index < -0.39 is 21.6 Å². The molecule has 12 heteroatoms. The van der Waals surface area contributed by atoms with Gasteiger partial charge in [-0.25, -0.2) is 8.42 Å². The van der Waals surface area contributed by atoms with Gasteiger partial charge >= 0.3 is 6.18 Å². The molecule has 0 unspecified atom stereocenters. The van der Waals surface area contributed by atoms with Crippen LogP contribution in [0.15, 0.2) is 66.9 Å². The summed E-state index contributed by atoms with van der Waals surface area (Å²) in [6.45, 7) is 3.76. The van der Waals surface area contributed by atoms with E-state index in [1.165, 1.54) is 18.4 Å². The van der Waals surface area contributed by atoms with Crippen LogP contribution in [0.25, 0.3) is 10.9 Å². The van der Waals surface area contributed by atoms with Gasteiger partial charge in [0.05, 0.1) is 16.8 Å². The van der Waals surface area contributed by atoms with Crippen molar-refractivity contribution in [2.75, 3.05) is 25.1 Å². The van der Waals surface area contributed by atoms with Gasteiger partial charge in [-0.2, -0.15) is 18.3 Å². The lowest BCUT2D eigenvalue weighted by Gasteiger charge is -2.32. The molecule has 1 aliphatic rings. The highest BCUT2D eigenvalue weighted by molar-refractivity contribution is 7.90. The molecule has 2 heterocycles. The number of sulfone groups is 1. The van der Waals surface area contributed by atoms with E-state index in [0.29, 0.717) is 48.8 Å². The van der Waals surface area contributed by atoms with E-state index in [0.717, 1.165) is 41.4 Å². The molecule has 0 radical (unpaired) electrons. The summed E-state index contributed by atoms with van der Waals surface area (Å²) in [7, 11) is -3.11. The smallest absolute Gasteiger partial charge is 0.416 e. The number of ketones is 1. The summed E-state index contributed by atoms with van der Waals surface area (Å²) in [6, 6.07) is 14.5. The van der Waals surface area contributed by atoms with Crippen molar-refractivity contribution < 1.29 is 35.9 Å². The molecule has 0 atom stereocenters. The number of alkyl halides is 3. The number of piperidine rings is 1. The van der Waals surface area contributed by atoms with Crippen LogP contribution in [-0.2, 0) is 22.6 Å². The number of aryl methyl sites for hydroxylation is 1. The van der Waals surface area contributed by atoms with Gasteiger partial charge in [0, 0.05) is 55.0 Å². The molecule has 1 saturated heterocycles. The van der Waals surface area contributed by atoms with Gasteiger partial charge in [0.25, 0.3) is 5.91 Å². The van der Waals surface area contributed by atoms with Gasteiger partial charge in [0.2, 0.25) is 0 Å². The van der Waals surface area contributed by atoms with E-state index in [9.17, 15) is 31.2 Å². The van der Waals surface area contributed by atoms with Crippen molar-refractivity contribution in [1.29, 1.82) is 0 Å². The first kappa shape index (κ1) is 32.2. The Balaban J connectivity index is 1.13. The largest absolute Gasteiger partial charge is 0.457 e. The number of likely N-dealkylation sites (tertiary alicyclic amines) is 1. The van der Waals surface area contributed by atoms with Crippen molar-refractivity contribution in [2.45, 2.75) is 45.3 Å². The molecule has 4 aromatic rings. The van der Waals surface area contributed by atoms with Gasteiger partial charge in [-0.05, 0) is 98.3 Å². The van der Waals surface area contributed by atoms with E-state index >= 15 is 0 Å². The molecule has 45 heavy (non-hydrogen) atoms. The van der Waals surface area contributed by atoms with Gasteiger partial charge in [0.1, 0.15) is 21.3 Å². The molecule has 1 aliphatic heterocycles. The normalized spacial score (nSPS) is 14.6. The predicted molar refractivity (Wildman–Crippen MR) is 164 cm³/mol. The molecule has 3 aromatic carbocycles. The van der Waals surface area contributed by atoms with E-state index in [4.69, 9.17) is 9.84 Å². The molecule has 1 fully saturated rings. The number of fused-ring (bicyclic) bond motifs is 1. The number of carbonyl (C=O) groups is 2. The summed E-state index contributed by atoms with van der Waals surface area (Å²) in [5, 5.41) is 5.59. The summed E-state index contributed by atoms with van der Waals surface area (Å²) in [6.07, 6.45) is 0.774. The molecule has 1 aromatic heterocycles. The van der Waals surface area contributed by atoms with Gasteiger partial charge < -0.3 is 9.64 Å². The van der Waals surface area contributed by atoms with Crippen LogP contribution in [0.1, 0.15) is 57.5 Å². The van der Waals surface area contributed by atoms with E-state index in [1.807, 2.05) is 28.8 Å². The van der Waals surface area contributed by atoms with Gasteiger partial charge in [-0.3, -0.25) is 14.3 Å². The Morgan fingerprint density at radius 3 is 2.18 bits per heavy atom. The zero-order valence-electron chi connectivity index (χ0n) is 25.0. The first-order valence-corrected chi connectivity index (χ1v) is 16.7. The third kappa shape index (κ3) is 8.10. The van der Waals surface area contributed by atoms with E-state index in [2.05, 4.69) is 0 Å². The van der Waals surface area contributed by atoms with Crippen LogP contribution in [0.3, 0.4) is 0 Å². The molecular formula is C33H34F3N3O5S. The Hall–Kier alpha value is -4.19. The second-order valence-electron chi connectivity index (χ2n) is 11.6. The number of ether oxygens (including phenoxy) is 1. The Morgan fingerprint density at radius 1 is 0.956 bits per heavy atom. The number of hydrogen-bond donors (Lipinski definition) is 0. The third-order valence-corrected chi connectivity index (χ3v) is 9.12. The highest BCUT2D eigenvalue weighted by Gasteiger charge is 2.30. The number of rotatable bonds is 10. The maximum atomic E-state index is 13.1. The number of hydrogen-bond acceptors (Lipinski definition) is 6. The van der Waals surface area contributed by atoms with Crippen LogP contribution in [-0.4, -0.2) is 59.9 Å². The minimum Gasteiger partial charge on any atom is -0.457 e. The fourth-order valence-corrected chi connectivity index (χ4v) is 6.25.